The fraction of sp³-hybridized carbons (Fsp3) is 0.231. The zero-order chi connectivity index (χ0) is 15.9. The number of para-hydroxylation sites is 1. The number of carbonyl (C=O) groups is 1. The van der Waals surface area contributed by atoms with E-state index >= 15 is 0 Å². The van der Waals surface area contributed by atoms with Crippen molar-refractivity contribution in [3.05, 3.63) is 30.1 Å². The van der Waals surface area contributed by atoms with Gasteiger partial charge in [-0.05, 0) is 12.1 Å². The molecule has 2 rings (SSSR count). The van der Waals surface area contributed by atoms with Gasteiger partial charge in [-0.15, -0.1) is 5.10 Å². The third kappa shape index (κ3) is 3.95. The average Bonchev–Trinajstić information content (AvgIpc) is 2.93. The maximum absolute atomic E-state index is 13.9. The van der Waals surface area contributed by atoms with Crippen molar-refractivity contribution in [3.63, 3.8) is 0 Å². The van der Waals surface area contributed by atoms with Crippen molar-refractivity contribution in [1.29, 1.82) is 5.26 Å². The first-order valence-electron chi connectivity index (χ1n) is 6.34. The molecule has 1 heterocycles. The van der Waals surface area contributed by atoms with Crippen molar-refractivity contribution >= 4 is 29.3 Å². The lowest BCUT2D eigenvalue weighted by Gasteiger charge is -2.21. The van der Waals surface area contributed by atoms with E-state index in [1.807, 2.05) is 6.07 Å². The van der Waals surface area contributed by atoms with Gasteiger partial charge in [-0.2, -0.15) is 10.2 Å². The molecule has 0 spiro atoms. The van der Waals surface area contributed by atoms with Crippen LogP contribution in [0.1, 0.15) is 6.42 Å². The fourth-order valence-electron chi connectivity index (χ4n) is 1.74. The molecular weight excluding hydrogens is 307 g/mol. The first-order chi connectivity index (χ1) is 10.6. The van der Waals surface area contributed by atoms with Crippen LogP contribution < -0.4 is 10.6 Å². The Morgan fingerprint density at radius 1 is 1.50 bits per heavy atom. The maximum atomic E-state index is 13.9. The number of hydrogen-bond acceptors (Lipinski definition) is 6. The summed E-state index contributed by atoms with van der Waals surface area (Å²) in [7, 11) is 0. The number of nitriles is 1. The molecule has 0 radical (unpaired) electrons. The molecule has 9 heteroatoms. The number of anilines is 2. The number of nitrogens with one attached hydrogen (secondary N) is 1. The van der Waals surface area contributed by atoms with Gasteiger partial charge in [0, 0.05) is 6.54 Å². The summed E-state index contributed by atoms with van der Waals surface area (Å²) in [4.78, 5) is 17.4. The first kappa shape index (κ1) is 15.8. The molecule has 1 aromatic carbocycles. The zero-order valence-corrected chi connectivity index (χ0v) is 12.3. The Kier molecular flexibility index (Phi) is 5.32. The van der Waals surface area contributed by atoms with E-state index in [1.54, 1.807) is 6.07 Å². The van der Waals surface area contributed by atoms with Crippen LogP contribution in [0.15, 0.2) is 29.4 Å². The number of nitrogens with zero attached hydrogens (tertiary/aromatic N) is 4. The summed E-state index contributed by atoms with van der Waals surface area (Å²) >= 11 is 1.08. The fourth-order valence-corrected chi connectivity index (χ4v) is 2.42. The molecule has 0 fully saturated rings. The molecule has 0 aliphatic carbocycles. The molecular formula is C13H13FN6OS. The molecule has 0 atom stereocenters. The molecule has 0 saturated heterocycles. The second-order valence-electron chi connectivity index (χ2n) is 4.20. The minimum Gasteiger partial charge on any atom is -0.368 e. The van der Waals surface area contributed by atoms with E-state index in [4.69, 9.17) is 11.0 Å². The van der Waals surface area contributed by atoms with Crippen LogP contribution in [0.3, 0.4) is 0 Å². The van der Waals surface area contributed by atoms with Gasteiger partial charge in [0.2, 0.25) is 17.0 Å². The van der Waals surface area contributed by atoms with E-state index in [9.17, 15) is 9.18 Å². The van der Waals surface area contributed by atoms with Crippen molar-refractivity contribution in [1.82, 2.24) is 15.2 Å². The highest BCUT2D eigenvalue weighted by molar-refractivity contribution is 7.99. The lowest BCUT2D eigenvalue weighted by atomic mass is 10.2. The van der Waals surface area contributed by atoms with Gasteiger partial charge in [-0.1, -0.05) is 23.9 Å². The van der Waals surface area contributed by atoms with Gasteiger partial charge < -0.3 is 10.6 Å². The largest absolute Gasteiger partial charge is 0.368 e. The predicted octanol–water partition coefficient (Wildman–Crippen LogP) is 1.56. The third-order valence-electron chi connectivity index (χ3n) is 2.70. The van der Waals surface area contributed by atoms with Crippen molar-refractivity contribution < 1.29 is 9.18 Å². The predicted molar refractivity (Wildman–Crippen MR) is 80.5 cm³/mol. The number of thioether (sulfide) groups is 1. The van der Waals surface area contributed by atoms with Gasteiger partial charge in [0.15, 0.2) is 0 Å². The SMILES string of the molecule is N#CCCN(C(=O)CSc1n[nH]c(N)n1)c1ccccc1F. The Bertz CT molecular complexity index is 698. The Morgan fingerprint density at radius 2 is 2.27 bits per heavy atom. The maximum Gasteiger partial charge on any atom is 0.237 e. The summed E-state index contributed by atoms with van der Waals surface area (Å²) in [5.74, 6) is -0.683. The van der Waals surface area contributed by atoms with Gasteiger partial charge in [0.05, 0.1) is 23.9 Å². The van der Waals surface area contributed by atoms with Crippen LogP contribution in [0.4, 0.5) is 16.0 Å². The molecule has 1 aromatic heterocycles. The topological polar surface area (TPSA) is 112 Å². The van der Waals surface area contributed by atoms with E-state index < -0.39 is 5.82 Å². The van der Waals surface area contributed by atoms with Crippen LogP contribution in [-0.2, 0) is 4.79 Å². The minimum absolute atomic E-state index is 0.0110. The molecule has 0 bridgehead atoms. The number of aromatic nitrogens is 3. The summed E-state index contributed by atoms with van der Waals surface area (Å²) in [6.07, 6.45) is 0.109. The minimum atomic E-state index is -0.513. The second kappa shape index (κ2) is 7.42. The normalized spacial score (nSPS) is 10.2. The van der Waals surface area contributed by atoms with E-state index in [2.05, 4.69) is 15.2 Å². The van der Waals surface area contributed by atoms with Crippen LogP contribution in [0, 0.1) is 17.1 Å². The summed E-state index contributed by atoms with van der Waals surface area (Å²) in [6, 6.07) is 7.89. The number of nitrogens with two attached hydrogens (primary N) is 1. The van der Waals surface area contributed by atoms with E-state index in [0.717, 1.165) is 11.8 Å². The Balaban J connectivity index is 2.09. The van der Waals surface area contributed by atoms with Crippen LogP contribution in [0.2, 0.25) is 0 Å². The number of nitrogen functional groups attached to an aromatic ring is 1. The quantitative estimate of drug-likeness (QED) is 0.781. The number of H-pyrrole nitrogens is 1. The smallest absolute Gasteiger partial charge is 0.237 e. The Hall–Kier alpha value is -2.60. The van der Waals surface area contributed by atoms with E-state index in [0.29, 0.717) is 5.16 Å². The number of rotatable bonds is 6. The monoisotopic (exact) mass is 320 g/mol. The summed E-state index contributed by atoms with van der Waals surface area (Å²) < 4.78 is 13.9. The molecule has 2 aromatic rings. The third-order valence-corrected chi connectivity index (χ3v) is 3.53. The Morgan fingerprint density at radius 3 is 2.91 bits per heavy atom. The van der Waals surface area contributed by atoms with Crippen LogP contribution >= 0.6 is 11.8 Å². The number of amides is 1. The van der Waals surface area contributed by atoms with Crippen molar-refractivity contribution in [3.8, 4) is 6.07 Å². The molecule has 22 heavy (non-hydrogen) atoms. The number of benzene rings is 1. The number of hydrogen-bond donors (Lipinski definition) is 2. The lowest BCUT2D eigenvalue weighted by Crippen LogP contribution is -2.34. The highest BCUT2D eigenvalue weighted by atomic mass is 32.2. The van der Waals surface area contributed by atoms with Gasteiger partial charge in [0.1, 0.15) is 5.82 Å². The molecule has 0 aliphatic heterocycles. The summed E-state index contributed by atoms with van der Waals surface area (Å²) in [5.41, 5.74) is 5.55. The van der Waals surface area contributed by atoms with Crippen LogP contribution in [-0.4, -0.2) is 33.4 Å². The standard InChI is InChI=1S/C13H13FN6OS/c14-9-4-1-2-5-10(9)20(7-3-6-15)11(21)8-22-13-17-12(16)18-19-13/h1-2,4-5H,3,7-8H2,(H3,16,17,18,19). The molecule has 0 aliphatic rings. The molecule has 114 valence electrons. The molecule has 3 N–H and O–H groups in total. The second-order valence-corrected chi connectivity index (χ2v) is 5.14. The van der Waals surface area contributed by atoms with Gasteiger partial charge >= 0.3 is 0 Å². The Labute approximate surface area is 130 Å². The van der Waals surface area contributed by atoms with Crippen molar-refractivity contribution in [2.24, 2.45) is 0 Å². The number of aromatic amines is 1. The number of carbonyl (C=O) groups excluding carboxylic acids is 1. The van der Waals surface area contributed by atoms with Gasteiger partial charge in [-0.3, -0.25) is 4.79 Å². The van der Waals surface area contributed by atoms with Crippen molar-refractivity contribution in [2.75, 3.05) is 22.9 Å². The zero-order valence-electron chi connectivity index (χ0n) is 11.5. The summed E-state index contributed by atoms with van der Waals surface area (Å²) in [5, 5.41) is 15.3. The van der Waals surface area contributed by atoms with E-state index in [-0.39, 0.29) is 36.3 Å². The highest BCUT2D eigenvalue weighted by Gasteiger charge is 2.19. The van der Waals surface area contributed by atoms with Crippen molar-refractivity contribution in [2.45, 2.75) is 11.6 Å². The molecule has 0 unspecified atom stereocenters. The van der Waals surface area contributed by atoms with Gasteiger partial charge in [0.25, 0.3) is 0 Å². The first-order valence-corrected chi connectivity index (χ1v) is 7.33. The number of halogens is 1. The molecule has 7 nitrogen and oxygen atoms in total. The lowest BCUT2D eigenvalue weighted by molar-refractivity contribution is -0.116. The summed E-state index contributed by atoms with van der Waals surface area (Å²) in [6.45, 7) is 0.118. The van der Waals surface area contributed by atoms with Crippen LogP contribution in [0.25, 0.3) is 0 Å². The van der Waals surface area contributed by atoms with Gasteiger partial charge in [-0.25, -0.2) is 9.49 Å². The molecule has 0 saturated carbocycles. The highest BCUT2D eigenvalue weighted by Crippen LogP contribution is 2.21. The average molecular weight is 320 g/mol. The van der Waals surface area contributed by atoms with E-state index in [1.165, 1.54) is 23.1 Å². The van der Waals surface area contributed by atoms with Crippen LogP contribution in [0.5, 0.6) is 0 Å². The molecule has 1 amide bonds.